The Balaban J connectivity index is 1.40. The van der Waals surface area contributed by atoms with Gasteiger partial charge >= 0.3 is 0 Å². The SMILES string of the molecule is Cc1ccc(OCc2nc(CC(=O)N3CC(=O)Nc4ccccc43)cs2)cc1. The maximum atomic E-state index is 12.8. The number of fused-ring (bicyclic) bond motifs is 1. The third kappa shape index (κ3) is 4.04. The van der Waals surface area contributed by atoms with E-state index < -0.39 is 0 Å². The van der Waals surface area contributed by atoms with E-state index in [-0.39, 0.29) is 24.8 Å². The number of carbonyl (C=O) groups is 2. The molecule has 1 aliphatic rings. The molecule has 1 N–H and O–H groups in total. The maximum absolute atomic E-state index is 12.8. The van der Waals surface area contributed by atoms with Gasteiger partial charge in [0.1, 0.15) is 23.9 Å². The van der Waals surface area contributed by atoms with Gasteiger partial charge in [0.05, 0.1) is 23.5 Å². The van der Waals surface area contributed by atoms with E-state index >= 15 is 0 Å². The molecule has 0 atom stereocenters. The van der Waals surface area contributed by atoms with Crippen molar-refractivity contribution >= 4 is 34.5 Å². The fraction of sp³-hybridized carbons (Fsp3) is 0.190. The van der Waals surface area contributed by atoms with Crippen LogP contribution in [0.2, 0.25) is 0 Å². The van der Waals surface area contributed by atoms with Crippen LogP contribution in [-0.2, 0) is 22.6 Å². The van der Waals surface area contributed by atoms with Gasteiger partial charge < -0.3 is 15.0 Å². The van der Waals surface area contributed by atoms with E-state index in [1.165, 1.54) is 21.8 Å². The lowest BCUT2D eigenvalue weighted by atomic mass is 10.1. The molecule has 0 bridgehead atoms. The third-order valence-corrected chi connectivity index (χ3v) is 5.26. The highest BCUT2D eigenvalue weighted by atomic mass is 32.1. The minimum Gasteiger partial charge on any atom is -0.486 e. The summed E-state index contributed by atoms with van der Waals surface area (Å²) < 4.78 is 5.74. The fourth-order valence-corrected chi connectivity index (χ4v) is 3.69. The van der Waals surface area contributed by atoms with E-state index in [2.05, 4.69) is 10.3 Å². The Labute approximate surface area is 166 Å². The molecule has 142 valence electrons. The van der Waals surface area contributed by atoms with Crippen molar-refractivity contribution in [1.29, 1.82) is 0 Å². The van der Waals surface area contributed by atoms with E-state index in [9.17, 15) is 9.59 Å². The van der Waals surface area contributed by atoms with Crippen LogP contribution >= 0.6 is 11.3 Å². The second-order valence-electron chi connectivity index (χ2n) is 6.56. The summed E-state index contributed by atoms with van der Waals surface area (Å²) in [6.07, 6.45) is 0.142. The van der Waals surface area contributed by atoms with Crippen LogP contribution in [0.5, 0.6) is 5.75 Å². The predicted octanol–water partition coefficient (Wildman–Crippen LogP) is 3.56. The third-order valence-electron chi connectivity index (χ3n) is 4.39. The predicted molar refractivity (Wildman–Crippen MR) is 109 cm³/mol. The molecule has 4 rings (SSSR count). The van der Waals surface area contributed by atoms with Crippen molar-refractivity contribution in [3.8, 4) is 5.75 Å². The summed E-state index contributed by atoms with van der Waals surface area (Å²) in [6, 6.07) is 15.1. The summed E-state index contributed by atoms with van der Waals surface area (Å²) in [6.45, 7) is 2.40. The van der Waals surface area contributed by atoms with Crippen LogP contribution in [0, 0.1) is 6.92 Å². The monoisotopic (exact) mass is 393 g/mol. The van der Waals surface area contributed by atoms with Crippen molar-refractivity contribution in [2.45, 2.75) is 20.0 Å². The van der Waals surface area contributed by atoms with E-state index in [0.717, 1.165) is 10.8 Å². The Kier molecular flexibility index (Phi) is 5.08. The number of aromatic nitrogens is 1. The van der Waals surface area contributed by atoms with Crippen molar-refractivity contribution in [3.05, 3.63) is 70.2 Å². The van der Waals surface area contributed by atoms with Crippen LogP contribution in [-0.4, -0.2) is 23.3 Å². The number of aryl methyl sites for hydroxylation is 1. The van der Waals surface area contributed by atoms with Gasteiger partial charge in [0.2, 0.25) is 11.8 Å². The number of thiazole rings is 1. The molecule has 0 aliphatic carbocycles. The van der Waals surface area contributed by atoms with Gasteiger partial charge in [-0.05, 0) is 31.2 Å². The molecule has 7 heteroatoms. The van der Waals surface area contributed by atoms with Gasteiger partial charge in [0.25, 0.3) is 0 Å². The Morgan fingerprint density at radius 2 is 2.00 bits per heavy atom. The van der Waals surface area contributed by atoms with E-state index in [1.807, 2.05) is 54.8 Å². The van der Waals surface area contributed by atoms with Crippen LogP contribution in [0.1, 0.15) is 16.3 Å². The van der Waals surface area contributed by atoms with Crippen LogP contribution in [0.3, 0.4) is 0 Å². The summed E-state index contributed by atoms with van der Waals surface area (Å²) in [5.74, 6) is 0.436. The summed E-state index contributed by atoms with van der Waals surface area (Å²) in [7, 11) is 0. The number of hydrogen-bond acceptors (Lipinski definition) is 5. The van der Waals surface area contributed by atoms with Gasteiger partial charge in [0.15, 0.2) is 0 Å². The molecule has 0 saturated carbocycles. The van der Waals surface area contributed by atoms with Gasteiger partial charge in [0, 0.05) is 5.38 Å². The lowest BCUT2D eigenvalue weighted by Crippen LogP contribution is -2.42. The van der Waals surface area contributed by atoms with Crippen molar-refractivity contribution in [2.75, 3.05) is 16.8 Å². The standard InChI is InChI=1S/C21H19N3O3S/c1-14-6-8-16(9-7-14)27-12-20-22-15(13-28-20)10-21(26)24-11-19(25)23-17-4-2-3-5-18(17)24/h2-9,13H,10-12H2,1H3,(H,23,25). The smallest absolute Gasteiger partial charge is 0.244 e. The highest BCUT2D eigenvalue weighted by Gasteiger charge is 2.26. The highest BCUT2D eigenvalue weighted by Crippen LogP contribution is 2.29. The van der Waals surface area contributed by atoms with Gasteiger partial charge in [-0.2, -0.15) is 0 Å². The van der Waals surface area contributed by atoms with Gasteiger partial charge in [-0.25, -0.2) is 4.98 Å². The highest BCUT2D eigenvalue weighted by molar-refractivity contribution is 7.09. The number of ether oxygens (including phenoxy) is 1. The summed E-state index contributed by atoms with van der Waals surface area (Å²) in [5.41, 5.74) is 3.22. The van der Waals surface area contributed by atoms with Gasteiger partial charge in [-0.1, -0.05) is 29.8 Å². The molecule has 0 fully saturated rings. The number of nitrogens with one attached hydrogen (secondary N) is 1. The number of anilines is 2. The van der Waals surface area contributed by atoms with Gasteiger partial charge in [-0.3, -0.25) is 9.59 Å². The van der Waals surface area contributed by atoms with E-state index in [1.54, 1.807) is 6.07 Å². The number of para-hydroxylation sites is 2. The normalized spacial score (nSPS) is 13.0. The molecule has 0 unspecified atom stereocenters. The molecule has 2 aromatic carbocycles. The van der Waals surface area contributed by atoms with Crippen LogP contribution in [0.4, 0.5) is 11.4 Å². The quantitative estimate of drug-likeness (QED) is 0.720. The minimum atomic E-state index is -0.197. The largest absolute Gasteiger partial charge is 0.486 e. The fourth-order valence-electron chi connectivity index (χ4n) is 2.98. The lowest BCUT2D eigenvalue weighted by Gasteiger charge is -2.29. The van der Waals surface area contributed by atoms with Crippen LogP contribution in [0.25, 0.3) is 0 Å². The first-order chi connectivity index (χ1) is 13.6. The molecular formula is C21H19N3O3S. The van der Waals surface area contributed by atoms with E-state index in [4.69, 9.17) is 4.74 Å². The number of benzene rings is 2. The second kappa shape index (κ2) is 7.82. The number of carbonyl (C=O) groups excluding carboxylic acids is 2. The Hall–Kier alpha value is -3.19. The zero-order valence-corrected chi connectivity index (χ0v) is 16.2. The molecular weight excluding hydrogens is 374 g/mol. The minimum absolute atomic E-state index is 0.0172. The molecule has 2 heterocycles. The number of nitrogens with zero attached hydrogens (tertiary/aromatic N) is 2. The first kappa shape index (κ1) is 18.2. The zero-order valence-electron chi connectivity index (χ0n) is 15.3. The molecule has 0 spiro atoms. The maximum Gasteiger partial charge on any atom is 0.244 e. The van der Waals surface area contributed by atoms with Crippen molar-refractivity contribution < 1.29 is 14.3 Å². The Morgan fingerprint density at radius 3 is 2.82 bits per heavy atom. The summed E-state index contributed by atoms with van der Waals surface area (Å²) in [5, 5.41) is 5.45. The first-order valence-electron chi connectivity index (χ1n) is 8.90. The molecule has 1 aliphatic heterocycles. The topological polar surface area (TPSA) is 71.5 Å². The number of rotatable bonds is 5. The second-order valence-corrected chi connectivity index (χ2v) is 7.50. The Morgan fingerprint density at radius 1 is 1.21 bits per heavy atom. The van der Waals surface area contributed by atoms with Crippen LogP contribution in [0.15, 0.2) is 53.9 Å². The van der Waals surface area contributed by atoms with Crippen molar-refractivity contribution in [3.63, 3.8) is 0 Å². The average molecular weight is 393 g/mol. The lowest BCUT2D eigenvalue weighted by molar-refractivity contribution is -0.121. The molecule has 6 nitrogen and oxygen atoms in total. The molecule has 28 heavy (non-hydrogen) atoms. The molecule has 1 aromatic heterocycles. The van der Waals surface area contributed by atoms with Crippen molar-refractivity contribution in [2.24, 2.45) is 0 Å². The van der Waals surface area contributed by atoms with Gasteiger partial charge in [-0.15, -0.1) is 11.3 Å². The van der Waals surface area contributed by atoms with E-state index in [0.29, 0.717) is 23.7 Å². The zero-order chi connectivity index (χ0) is 19.5. The molecule has 3 aromatic rings. The van der Waals surface area contributed by atoms with Crippen LogP contribution < -0.4 is 15.0 Å². The summed E-state index contributed by atoms with van der Waals surface area (Å²) >= 11 is 1.46. The number of hydrogen-bond donors (Lipinski definition) is 1. The molecule has 0 radical (unpaired) electrons. The summed E-state index contributed by atoms with van der Waals surface area (Å²) in [4.78, 5) is 30.7. The number of amides is 2. The average Bonchev–Trinajstić information content (AvgIpc) is 3.14. The molecule has 2 amide bonds. The first-order valence-corrected chi connectivity index (χ1v) is 9.78. The Bertz CT molecular complexity index is 1010. The van der Waals surface area contributed by atoms with Crippen molar-refractivity contribution in [1.82, 2.24) is 4.98 Å². The molecule has 0 saturated heterocycles.